The molecule has 0 amide bonds. The van der Waals surface area contributed by atoms with Crippen LogP contribution in [-0.2, 0) is 6.54 Å². The van der Waals surface area contributed by atoms with Crippen molar-refractivity contribution in [3.05, 3.63) is 28.2 Å². The Hall–Kier alpha value is -0.250. The molecular formula is C13H19BrClNO. The number of ether oxygens (including phenoxy) is 1. The monoisotopic (exact) mass is 319 g/mol. The molecular weight excluding hydrogens is 302 g/mol. The SMILES string of the molecule is CCCN(CCCl)Cc1cc(Br)ccc1OC. The molecule has 4 heteroatoms. The fourth-order valence-corrected chi connectivity index (χ4v) is 2.46. The minimum atomic E-state index is 0.663. The maximum absolute atomic E-state index is 5.82. The van der Waals surface area contributed by atoms with Crippen molar-refractivity contribution in [2.75, 3.05) is 26.1 Å². The van der Waals surface area contributed by atoms with Gasteiger partial charge in [0.25, 0.3) is 0 Å². The van der Waals surface area contributed by atoms with Gasteiger partial charge in [-0.3, -0.25) is 4.90 Å². The largest absolute Gasteiger partial charge is 0.496 e. The molecule has 0 unspecified atom stereocenters. The van der Waals surface area contributed by atoms with Gasteiger partial charge in [0.05, 0.1) is 7.11 Å². The topological polar surface area (TPSA) is 12.5 Å². The van der Waals surface area contributed by atoms with Gasteiger partial charge in [0.2, 0.25) is 0 Å². The summed E-state index contributed by atoms with van der Waals surface area (Å²) in [5, 5.41) is 0. The molecule has 1 rings (SSSR count). The molecule has 0 aliphatic heterocycles. The van der Waals surface area contributed by atoms with Gasteiger partial charge in [-0.2, -0.15) is 0 Å². The Labute approximate surface area is 117 Å². The third-order valence-electron chi connectivity index (χ3n) is 2.58. The van der Waals surface area contributed by atoms with Crippen LogP contribution in [0.2, 0.25) is 0 Å². The molecule has 0 heterocycles. The van der Waals surface area contributed by atoms with Gasteiger partial charge in [-0.05, 0) is 31.2 Å². The lowest BCUT2D eigenvalue weighted by molar-refractivity contribution is 0.276. The smallest absolute Gasteiger partial charge is 0.123 e. The summed E-state index contributed by atoms with van der Waals surface area (Å²) in [6.07, 6.45) is 1.13. The summed E-state index contributed by atoms with van der Waals surface area (Å²) in [5.41, 5.74) is 1.19. The first kappa shape index (κ1) is 14.8. The summed E-state index contributed by atoms with van der Waals surface area (Å²) in [7, 11) is 1.71. The van der Waals surface area contributed by atoms with E-state index in [2.05, 4.69) is 33.8 Å². The van der Waals surface area contributed by atoms with Crippen molar-refractivity contribution in [3.8, 4) is 5.75 Å². The zero-order chi connectivity index (χ0) is 12.7. The lowest BCUT2D eigenvalue weighted by Gasteiger charge is -2.21. The van der Waals surface area contributed by atoms with Gasteiger partial charge >= 0.3 is 0 Å². The quantitative estimate of drug-likeness (QED) is 0.706. The van der Waals surface area contributed by atoms with Gasteiger partial charge in [-0.1, -0.05) is 22.9 Å². The van der Waals surface area contributed by atoms with Crippen molar-refractivity contribution in [2.24, 2.45) is 0 Å². The number of hydrogen-bond acceptors (Lipinski definition) is 2. The molecule has 0 bridgehead atoms. The van der Waals surface area contributed by atoms with E-state index in [9.17, 15) is 0 Å². The third kappa shape index (κ3) is 4.86. The molecule has 0 spiro atoms. The van der Waals surface area contributed by atoms with Crippen molar-refractivity contribution < 1.29 is 4.74 Å². The van der Waals surface area contributed by atoms with Crippen molar-refractivity contribution in [1.29, 1.82) is 0 Å². The van der Waals surface area contributed by atoms with E-state index in [4.69, 9.17) is 16.3 Å². The molecule has 0 radical (unpaired) electrons. The highest BCUT2D eigenvalue weighted by Crippen LogP contribution is 2.24. The standard InChI is InChI=1S/C13H19BrClNO/c1-3-7-16(8-6-15)10-11-9-12(14)4-5-13(11)17-2/h4-5,9H,3,6-8,10H2,1-2H3. The van der Waals surface area contributed by atoms with Gasteiger partial charge in [0, 0.05) is 29.0 Å². The lowest BCUT2D eigenvalue weighted by Crippen LogP contribution is -2.26. The Morgan fingerprint density at radius 2 is 2.12 bits per heavy atom. The molecule has 2 nitrogen and oxygen atoms in total. The molecule has 0 N–H and O–H groups in total. The number of rotatable bonds is 7. The average molecular weight is 321 g/mol. The van der Waals surface area contributed by atoms with Crippen molar-refractivity contribution in [1.82, 2.24) is 4.90 Å². The predicted octanol–water partition coefficient (Wildman–Crippen LogP) is 3.91. The number of benzene rings is 1. The van der Waals surface area contributed by atoms with Gasteiger partial charge in [0.1, 0.15) is 5.75 Å². The highest BCUT2D eigenvalue weighted by atomic mass is 79.9. The summed E-state index contributed by atoms with van der Waals surface area (Å²) < 4.78 is 6.46. The molecule has 96 valence electrons. The minimum Gasteiger partial charge on any atom is -0.496 e. The van der Waals surface area contributed by atoms with Crippen LogP contribution in [0.5, 0.6) is 5.75 Å². The summed E-state index contributed by atoms with van der Waals surface area (Å²) in [4.78, 5) is 2.34. The maximum Gasteiger partial charge on any atom is 0.123 e. The van der Waals surface area contributed by atoms with Crippen LogP contribution in [0.25, 0.3) is 0 Å². The van der Waals surface area contributed by atoms with Crippen LogP contribution in [0.1, 0.15) is 18.9 Å². The van der Waals surface area contributed by atoms with Crippen LogP contribution in [0.3, 0.4) is 0 Å². The summed E-state index contributed by atoms with van der Waals surface area (Å²) >= 11 is 9.31. The van der Waals surface area contributed by atoms with Crippen molar-refractivity contribution in [2.45, 2.75) is 19.9 Å². The molecule has 1 aromatic carbocycles. The lowest BCUT2D eigenvalue weighted by atomic mass is 10.2. The Kier molecular flexibility index (Phi) is 6.93. The molecule has 0 saturated carbocycles. The van der Waals surface area contributed by atoms with E-state index in [1.807, 2.05) is 12.1 Å². The number of hydrogen-bond donors (Lipinski definition) is 0. The normalized spacial score (nSPS) is 10.9. The molecule has 0 fully saturated rings. The predicted molar refractivity (Wildman–Crippen MR) is 77.0 cm³/mol. The fraction of sp³-hybridized carbons (Fsp3) is 0.538. The summed E-state index contributed by atoms with van der Waals surface area (Å²) in [5.74, 6) is 1.60. The second-order valence-electron chi connectivity index (χ2n) is 3.92. The highest BCUT2D eigenvalue weighted by Gasteiger charge is 2.09. The Bertz CT molecular complexity index is 340. The van der Waals surface area contributed by atoms with Gasteiger partial charge in [-0.25, -0.2) is 0 Å². The van der Waals surface area contributed by atoms with E-state index in [-0.39, 0.29) is 0 Å². The number of alkyl halides is 1. The molecule has 17 heavy (non-hydrogen) atoms. The Morgan fingerprint density at radius 1 is 1.35 bits per heavy atom. The molecule has 0 atom stereocenters. The zero-order valence-electron chi connectivity index (χ0n) is 10.4. The highest BCUT2D eigenvalue weighted by molar-refractivity contribution is 9.10. The van der Waals surface area contributed by atoms with Crippen LogP contribution < -0.4 is 4.74 Å². The van der Waals surface area contributed by atoms with E-state index < -0.39 is 0 Å². The Morgan fingerprint density at radius 3 is 2.71 bits per heavy atom. The van der Waals surface area contributed by atoms with Crippen LogP contribution in [0, 0.1) is 0 Å². The average Bonchev–Trinajstić information content (AvgIpc) is 2.30. The first-order chi connectivity index (χ1) is 8.21. The first-order valence-electron chi connectivity index (χ1n) is 5.82. The van der Waals surface area contributed by atoms with E-state index >= 15 is 0 Å². The fourth-order valence-electron chi connectivity index (χ4n) is 1.82. The van der Waals surface area contributed by atoms with Crippen LogP contribution in [0.15, 0.2) is 22.7 Å². The zero-order valence-corrected chi connectivity index (χ0v) is 12.7. The molecule has 1 aromatic rings. The summed E-state index contributed by atoms with van der Waals surface area (Å²) in [6.45, 7) is 5.02. The van der Waals surface area contributed by atoms with Gasteiger partial charge < -0.3 is 4.74 Å². The number of nitrogens with zero attached hydrogens (tertiary/aromatic N) is 1. The van der Waals surface area contributed by atoms with E-state index in [0.29, 0.717) is 5.88 Å². The van der Waals surface area contributed by atoms with Crippen LogP contribution in [-0.4, -0.2) is 31.0 Å². The molecule has 0 aliphatic carbocycles. The van der Waals surface area contributed by atoms with Crippen molar-refractivity contribution >= 4 is 27.5 Å². The van der Waals surface area contributed by atoms with Crippen LogP contribution in [0.4, 0.5) is 0 Å². The maximum atomic E-state index is 5.82. The second kappa shape index (κ2) is 7.96. The first-order valence-corrected chi connectivity index (χ1v) is 7.14. The Balaban J connectivity index is 2.79. The van der Waals surface area contributed by atoms with E-state index in [1.165, 1.54) is 5.56 Å². The molecule has 0 aromatic heterocycles. The second-order valence-corrected chi connectivity index (χ2v) is 5.21. The summed E-state index contributed by atoms with van der Waals surface area (Å²) in [6, 6.07) is 6.09. The van der Waals surface area contributed by atoms with E-state index in [1.54, 1.807) is 7.11 Å². The number of methoxy groups -OCH3 is 1. The number of halogens is 2. The molecule has 0 saturated heterocycles. The third-order valence-corrected chi connectivity index (χ3v) is 3.24. The minimum absolute atomic E-state index is 0.663. The van der Waals surface area contributed by atoms with E-state index in [0.717, 1.165) is 36.3 Å². The van der Waals surface area contributed by atoms with Gasteiger partial charge in [0.15, 0.2) is 0 Å². The van der Waals surface area contributed by atoms with Crippen molar-refractivity contribution in [3.63, 3.8) is 0 Å². The molecule has 0 aliphatic rings. The van der Waals surface area contributed by atoms with Crippen LogP contribution >= 0.6 is 27.5 Å². The van der Waals surface area contributed by atoms with Gasteiger partial charge in [-0.15, -0.1) is 11.6 Å².